The molecule has 0 bridgehead atoms. The smallest absolute Gasteiger partial charge is 0.264 e. The molecular formula is C23H22N4O3. The standard InChI is InChI=1S/C23H22N4O3/c1-15-8-3-4-9-16(15)23(29)27-21-18-11-6-5-10-17(18)20(26-21)19(14-24)22(28)25-12-7-13-30-2/h3-6,8-11H,7,12-13H2,1-2H3,(H,25,28)(H,26,27,29). The van der Waals surface area contributed by atoms with Crippen molar-refractivity contribution in [2.24, 2.45) is 4.99 Å². The van der Waals surface area contributed by atoms with Crippen molar-refractivity contribution in [1.29, 1.82) is 5.26 Å². The summed E-state index contributed by atoms with van der Waals surface area (Å²) in [4.78, 5) is 29.7. The lowest BCUT2D eigenvalue weighted by molar-refractivity contribution is -0.117. The van der Waals surface area contributed by atoms with Gasteiger partial charge in [-0.1, -0.05) is 42.5 Å². The van der Waals surface area contributed by atoms with Crippen LogP contribution in [-0.2, 0) is 9.53 Å². The lowest BCUT2D eigenvalue weighted by atomic mass is 10.0. The van der Waals surface area contributed by atoms with Gasteiger partial charge in [0.15, 0.2) is 0 Å². The molecule has 1 aliphatic heterocycles. The number of amidine groups is 1. The molecule has 0 atom stereocenters. The molecule has 0 saturated carbocycles. The van der Waals surface area contributed by atoms with E-state index in [1.807, 2.05) is 31.2 Å². The van der Waals surface area contributed by atoms with Crippen molar-refractivity contribution in [3.8, 4) is 6.07 Å². The zero-order valence-electron chi connectivity index (χ0n) is 16.9. The Kier molecular flexibility index (Phi) is 6.73. The van der Waals surface area contributed by atoms with Gasteiger partial charge in [0, 0.05) is 37.0 Å². The summed E-state index contributed by atoms with van der Waals surface area (Å²) >= 11 is 0. The van der Waals surface area contributed by atoms with E-state index in [2.05, 4.69) is 15.6 Å². The van der Waals surface area contributed by atoms with Gasteiger partial charge in [0.05, 0.1) is 5.70 Å². The molecule has 2 aromatic carbocycles. The fourth-order valence-electron chi connectivity index (χ4n) is 3.13. The number of nitrogens with zero attached hydrogens (tertiary/aromatic N) is 2. The summed E-state index contributed by atoms with van der Waals surface area (Å²) in [5.41, 5.74) is 2.81. The van der Waals surface area contributed by atoms with Crippen molar-refractivity contribution >= 4 is 23.3 Å². The van der Waals surface area contributed by atoms with Crippen LogP contribution in [0.15, 0.2) is 59.1 Å². The molecule has 3 rings (SSSR count). The number of carbonyl (C=O) groups excluding carboxylic acids is 2. The molecule has 2 aromatic rings. The lowest BCUT2D eigenvalue weighted by Crippen LogP contribution is -2.30. The topological polar surface area (TPSA) is 104 Å². The van der Waals surface area contributed by atoms with Crippen LogP contribution >= 0.6 is 0 Å². The van der Waals surface area contributed by atoms with E-state index in [1.54, 1.807) is 37.4 Å². The van der Waals surface area contributed by atoms with Gasteiger partial charge >= 0.3 is 0 Å². The van der Waals surface area contributed by atoms with Crippen LogP contribution in [0.5, 0.6) is 0 Å². The predicted molar refractivity (Wildman–Crippen MR) is 114 cm³/mol. The maximum atomic E-state index is 12.7. The van der Waals surface area contributed by atoms with E-state index in [4.69, 9.17) is 4.74 Å². The molecule has 152 valence electrons. The number of nitriles is 1. The second kappa shape index (κ2) is 9.63. The fraction of sp³-hybridized carbons (Fsp3) is 0.217. The van der Waals surface area contributed by atoms with Gasteiger partial charge in [0.2, 0.25) is 0 Å². The summed E-state index contributed by atoms with van der Waals surface area (Å²) in [5, 5.41) is 15.1. The number of aliphatic imine (C=N–C) groups is 1. The van der Waals surface area contributed by atoms with Crippen LogP contribution in [0.2, 0.25) is 0 Å². The Labute approximate surface area is 175 Å². The second-order valence-corrected chi connectivity index (χ2v) is 6.71. The number of amides is 2. The average Bonchev–Trinajstić information content (AvgIpc) is 3.10. The summed E-state index contributed by atoms with van der Waals surface area (Å²) in [5.74, 6) is -0.493. The summed E-state index contributed by atoms with van der Waals surface area (Å²) in [7, 11) is 1.58. The third-order valence-corrected chi connectivity index (χ3v) is 4.67. The van der Waals surface area contributed by atoms with Crippen molar-refractivity contribution < 1.29 is 14.3 Å². The van der Waals surface area contributed by atoms with E-state index in [-0.39, 0.29) is 17.2 Å². The Morgan fingerprint density at radius 2 is 1.80 bits per heavy atom. The zero-order chi connectivity index (χ0) is 21.5. The molecule has 0 saturated heterocycles. The minimum absolute atomic E-state index is 0.0972. The highest BCUT2D eigenvalue weighted by molar-refractivity contribution is 6.20. The van der Waals surface area contributed by atoms with E-state index in [9.17, 15) is 14.9 Å². The van der Waals surface area contributed by atoms with Gasteiger partial charge in [-0.2, -0.15) is 5.26 Å². The van der Waals surface area contributed by atoms with Gasteiger partial charge < -0.3 is 15.4 Å². The lowest BCUT2D eigenvalue weighted by Gasteiger charge is -2.08. The summed E-state index contributed by atoms with van der Waals surface area (Å²) in [6.45, 7) is 2.74. The molecule has 7 nitrogen and oxygen atoms in total. The zero-order valence-corrected chi connectivity index (χ0v) is 16.9. The number of hydrogen-bond donors (Lipinski definition) is 2. The predicted octanol–water partition coefficient (Wildman–Crippen LogP) is 2.57. The molecule has 0 unspecified atom stereocenters. The number of nitrogens with one attached hydrogen (secondary N) is 2. The molecule has 30 heavy (non-hydrogen) atoms. The van der Waals surface area contributed by atoms with Gasteiger partial charge in [0.1, 0.15) is 17.5 Å². The summed E-state index contributed by atoms with van der Waals surface area (Å²) < 4.78 is 4.96. The molecule has 2 N–H and O–H groups in total. The van der Waals surface area contributed by atoms with Gasteiger partial charge in [-0.25, -0.2) is 4.99 Å². The van der Waals surface area contributed by atoms with Gasteiger partial charge in [0.25, 0.3) is 11.8 Å². The molecule has 0 spiro atoms. The Balaban J connectivity index is 1.92. The van der Waals surface area contributed by atoms with E-state index < -0.39 is 5.91 Å². The third kappa shape index (κ3) is 4.45. The van der Waals surface area contributed by atoms with Crippen LogP contribution in [0.3, 0.4) is 0 Å². The minimum atomic E-state index is -0.506. The number of methoxy groups -OCH3 is 1. The molecule has 0 fully saturated rings. The molecule has 1 aliphatic rings. The van der Waals surface area contributed by atoms with Crippen molar-refractivity contribution in [3.05, 3.63) is 76.4 Å². The summed E-state index contributed by atoms with van der Waals surface area (Å²) in [6.07, 6.45) is 0.633. The SMILES string of the molecule is COCCCNC(=O)C(C#N)=C1N=C(NC(=O)c2ccccc2C)c2ccccc21. The highest BCUT2D eigenvalue weighted by atomic mass is 16.5. The summed E-state index contributed by atoms with van der Waals surface area (Å²) in [6, 6.07) is 16.4. The molecule has 0 aromatic heterocycles. The molecule has 2 amide bonds. The van der Waals surface area contributed by atoms with Crippen LogP contribution in [0.4, 0.5) is 0 Å². The first-order valence-corrected chi connectivity index (χ1v) is 9.53. The van der Waals surface area contributed by atoms with Crippen molar-refractivity contribution in [1.82, 2.24) is 10.6 Å². The highest BCUT2D eigenvalue weighted by Crippen LogP contribution is 2.30. The molecular weight excluding hydrogens is 380 g/mol. The first kappa shape index (κ1) is 21.0. The van der Waals surface area contributed by atoms with E-state index in [1.165, 1.54) is 0 Å². The Hall–Kier alpha value is -3.76. The molecule has 1 heterocycles. The van der Waals surface area contributed by atoms with Crippen LogP contribution in [-0.4, -0.2) is 37.9 Å². The van der Waals surface area contributed by atoms with Crippen molar-refractivity contribution in [2.45, 2.75) is 13.3 Å². The number of fused-ring (bicyclic) bond motifs is 1. The largest absolute Gasteiger partial charge is 0.385 e. The first-order valence-electron chi connectivity index (χ1n) is 9.53. The average molecular weight is 402 g/mol. The number of carbonyl (C=O) groups is 2. The van der Waals surface area contributed by atoms with Crippen LogP contribution in [0, 0.1) is 18.3 Å². The second-order valence-electron chi connectivity index (χ2n) is 6.71. The van der Waals surface area contributed by atoms with E-state index in [0.29, 0.717) is 42.1 Å². The number of rotatable bonds is 6. The van der Waals surface area contributed by atoms with Gasteiger partial charge in [-0.15, -0.1) is 0 Å². The fourth-order valence-corrected chi connectivity index (χ4v) is 3.13. The minimum Gasteiger partial charge on any atom is -0.385 e. The molecule has 7 heteroatoms. The number of hydrogen-bond acceptors (Lipinski definition) is 5. The monoisotopic (exact) mass is 402 g/mol. The van der Waals surface area contributed by atoms with Crippen molar-refractivity contribution in [3.63, 3.8) is 0 Å². The third-order valence-electron chi connectivity index (χ3n) is 4.67. The Morgan fingerprint density at radius 3 is 2.50 bits per heavy atom. The maximum absolute atomic E-state index is 12.7. The van der Waals surface area contributed by atoms with E-state index >= 15 is 0 Å². The highest BCUT2D eigenvalue weighted by Gasteiger charge is 2.27. The first-order chi connectivity index (χ1) is 14.6. The molecule has 0 radical (unpaired) electrons. The number of benzene rings is 2. The normalized spacial score (nSPS) is 13.7. The Bertz CT molecular complexity index is 1080. The number of ether oxygens (including phenoxy) is 1. The number of aryl methyl sites for hydroxylation is 1. The van der Waals surface area contributed by atoms with Crippen LogP contribution < -0.4 is 10.6 Å². The molecule has 0 aliphatic carbocycles. The maximum Gasteiger partial charge on any atom is 0.264 e. The Morgan fingerprint density at radius 1 is 1.10 bits per heavy atom. The van der Waals surface area contributed by atoms with Crippen LogP contribution in [0.1, 0.15) is 33.5 Å². The van der Waals surface area contributed by atoms with Crippen molar-refractivity contribution in [2.75, 3.05) is 20.3 Å². The van der Waals surface area contributed by atoms with Crippen LogP contribution in [0.25, 0.3) is 5.70 Å². The van der Waals surface area contributed by atoms with Gasteiger partial charge in [-0.05, 0) is 25.0 Å². The quantitative estimate of drug-likeness (QED) is 0.440. The van der Waals surface area contributed by atoms with Gasteiger partial charge in [-0.3, -0.25) is 9.59 Å². The van der Waals surface area contributed by atoms with E-state index in [0.717, 1.165) is 5.56 Å².